The summed E-state index contributed by atoms with van der Waals surface area (Å²) in [4.78, 5) is 40.1. The summed E-state index contributed by atoms with van der Waals surface area (Å²) in [5.74, 6) is -5.70. The van der Waals surface area contributed by atoms with E-state index in [-0.39, 0.29) is 36.5 Å². The molecular formula is C24H30F2N5O4+. The topological polar surface area (TPSA) is 111 Å². The number of hydrogen-bond donors (Lipinski definition) is 3. The molecule has 35 heavy (non-hydrogen) atoms. The Labute approximate surface area is 200 Å². The average Bonchev–Trinajstić information content (AvgIpc) is 3.49. The lowest BCUT2D eigenvalue weighted by molar-refractivity contribution is -0.686. The van der Waals surface area contributed by atoms with Gasteiger partial charge >= 0.3 is 17.1 Å². The molecule has 2 amide bonds. The second kappa shape index (κ2) is 8.46. The van der Waals surface area contributed by atoms with Crippen LogP contribution in [0, 0.1) is 17.8 Å². The number of likely N-dealkylation sites (tertiary alicyclic amines) is 1. The van der Waals surface area contributed by atoms with Crippen molar-refractivity contribution in [3.8, 4) is 5.88 Å². The van der Waals surface area contributed by atoms with Crippen LogP contribution in [0.5, 0.6) is 5.88 Å². The first-order valence-electron chi connectivity index (χ1n) is 12.1. The molecule has 2 aliphatic carbocycles. The van der Waals surface area contributed by atoms with E-state index in [2.05, 4.69) is 10.4 Å². The summed E-state index contributed by atoms with van der Waals surface area (Å²) in [7, 11) is 0. The Morgan fingerprint density at radius 1 is 1.26 bits per heavy atom. The van der Waals surface area contributed by atoms with Gasteiger partial charge < -0.3 is 15.3 Å². The lowest BCUT2D eigenvalue weighted by Gasteiger charge is -2.37. The molecule has 2 unspecified atom stereocenters. The Morgan fingerprint density at radius 2 is 1.91 bits per heavy atom. The number of carbonyl (C=O) groups is 2. The Hall–Kier alpha value is -3.24. The maximum atomic E-state index is 14.2. The molecule has 3 fully saturated rings. The molecular weight excluding hydrogens is 460 g/mol. The first-order valence-corrected chi connectivity index (χ1v) is 12.1. The zero-order valence-corrected chi connectivity index (χ0v) is 19.8. The minimum Gasteiger partial charge on any atom is -0.477 e. The summed E-state index contributed by atoms with van der Waals surface area (Å²) in [6.07, 6.45) is 6.83. The minimum atomic E-state index is -2.72. The second-order valence-electron chi connectivity index (χ2n) is 10.4. The molecule has 2 bridgehead atoms. The summed E-state index contributed by atoms with van der Waals surface area (Å²) in [5, 5.41) is 16.5. The van der Waals surface area contributed by atoms with Crippen LogP contribution in [0.15, 0.2) is 17.1 Å². The number of nitrogens with zero attached hydrogens (tertiary/aromatic N) is 3. The van der Waals surface area contributed by atoms with Gasteiger partial charge in [-0.1, -0.05) is 18.4 Å². The number of nitrogens with one attached hydrogen (secondary N) is 2. The van der Waals surface area contributed by atoms with Gasteiger partial charge in [0, 0.05) is 37.0 Å². The maximum Gasteiger partial charge on any atom is 0.378 e. The predicted molar refractivity (Wildman–Crippen MR) is 122 cm³/mol. The molecule has 1 saturated heterocycles. The number of halogens is 2. The summed E-state index contributed by atoms with van der Waals surface area (Å²) >= 11 is 0. The fourth-order valence-corrected chi connectivity index (χ4v) is 5.21. The van der Waals surface area contributed by atoms with Crippen molar-refractivity contribution in [1.29, 1.82) is 0 Å². The van der Waals surface area contributed by atoms with E-state index in [1.165, 1.54) is 32.3 Å². The molecule has 0 spiro atoms. The summed E-state index contributed by atoms with van der Waals surface area (Å²) < 4.78 is 31.1. The molecule has 11 heteroatoms. The van der Waals surface area contributed by atoms with Crippen LogP contribution in [0.4, 0.5) is 8.78 Å². The maximum absolute atomic E-state index is 14.2. The highest BCUT2D eigenvalue weighted by Gasteiger charge is 2.56. The number of aromatic nitrogens is 3. The molecule has 5 rings (SSSR count). The van der Waals surface area contributed by atoms with Crippen LogP contribution in [0.25, 0.3) is 11.7 Å². The molecule has 3 heterocycles. The molecule has 3 aliphatic rings. The molecule has 2 saturated carbocycles. The standard InChI is InChI=1S/C24H29F2N5O4/c1-13(2)10-30-21-14(3-8-18(32)29-11-15-4-5-16(12-29)24(15,25)26)9-27-31(21)23(35)19(22(30)34)20(33)28-17-6-7-17/h3,8-9,13,15-17H,4-7,10-12H2,1-2H3,(H2,28,33,34,35)/p+1/b8-3+. The van der Waals surface area contributed by atoms with Gasteiger partial charge in [0.05, 0.1) is 18.3 Å². The van der Waals surface area contributed by atoms with Crippen LogP contribution in [-0.2, 0) is 11.3 Å². The Balaban J connectivity index is 1.48. The number of H-pyrrole nitrogens is 1. The second-order valence-corrected chi connectivity index (χ2v) is 10.4. The number of carbonyl (C=O) groups excluding carboxylic acids is 2. The van der Waals surface area contributed by atoms with Crippen molar-refractivity contribution in [3.63, 3.8) is 0 Å². The largest absolute Gasteiger partial charge is 0.477 e. The number of rotatable bonds is 6. The average molecular weight is 491 g/mol. The van der Waals surface area contributed by atoms with Gasteiger partial charge in [-0.3, -0.25) is 9.59 Å². The SMILES string of the molecule is CC(C)C[n+]1c(O)c(C(=O)NC2CC2)c(=O)n2[nH]cc(/C=C/C(=O)N3CC4CCC(C3)C4(F)F)c21. The Bertz CT molecular complexity index is 1260. The van der Waals surface area contributed by atoms with E-state index in [4.69, 9.17) is 0 Å². The first-order chi connectivity index (χ1) is 16.6. The zero-order valence-electron chi connectivity index (χ0n) is 19.8. The normalized spacial score (nSPS) is 23.5. The lowest BCUT2D eigenvalue weighted by atomic mass is 9.94. The fourth-order valence-electron chi connectivity index (χ4n) is 5.21. The van der Waals surface area contributed by atoms with Gasteiger partial charge in [0.25, 0.3) is 11.8 Å². The number of amides is 2. The van der Waals surface area contributed by atoms with Crippen LogP contribution in [0.1, 0.15) is 55.5 Å². The number of piperidine rings is 1. The van der Waals surface area contributed by atoms with Gasteiger partial charge in [0.2, 0.25) is 11.5 Å². The van der Waals surface area contributed by atoms with E-state index >= 15 is 0 Å². The van der Waals surface area contributed by atoms with E-state index < -0.39 is 35.1 Å². The Morgan fingerprint density at radius 3 is 2.51 bits per heavy atom. The highest BCUT2D eigenvalue weighted by atomic mass is 19.3. The molecule has 0 radical (unpaired) electrons. The summed E-state index contributed by atoms with van der Waals surface area (Å²) in [5.41, 5.74) is -0.283. The van der Waals surface area contributed by atoms with Gasteiger partial charge in [-0.05, 0) is 37.7 Å². The van der Waals surface area contributed by atoms with Gasteiger partial charge in [-0.25, -0.2) is 18.7 Å². The summed E-state index contributed by atoms with van der Waals surface area (Å²) in [6.45, 7) is 4.23. The van der Waals surface area contributed by atoms with Crippen LogP contribution < -0.4 is 15.4 Å². The van der Waals surface area contributed by atoms with Crippen molar-refractivity contribution >= 4 is 23.5 Å². The van der Waals surface area contributed by atoms with E-state index in [1.807, 2.05) is 13.8 Å². The van der Waals surface area contributed by atoms with Crippen LogP contribution >= 0.6 is 0 Å². The number of alkyl halides is 2. The molecule has 9 nitrogen and oxygen atoms in total. The minimum absolute atomic E-state index is 0.0127. The van der Waals surface area contributed by atoms with Crippen molar-refractivity contribution in [3.05, 3.63) is 33.8 Å². The smallest absolute Gasteiger partial charge is 0.378 e. The molecule has 3 N–H and O–H groups in total. The van der Waals surface area contributed by atoms with Crippen molar-refractivity contribution < 1.29 is 28.0 Å². The predicted octanol–water partition coefficient (Wildman–Crippen LogP) is 1.69. The number of aromatic hydroxyl groups is 1. The molecule has 2 atom stereocenters. The van der Waals surface area contributed by atoms with E-state index in [0.29, 0.717) is 30.6 Å². The zero-order chi connectivity index (χ0) is 25.1. The van der Waals surface area contributed by atoms with Crippen molar-refractivity contribution in [2.75, 3.05) is 13.1 Å². The third-order valence-electron chi connectivity index (χ3n) is 7.21. The van der Waals surface area contributed by atoms with E-state index in [0.717, 1.165) is 12.8 Å². The third-order valence-corrected chi connectivity index (χ3v) is 7.21. The van der Waals surface area contributed by atoms with Gasteiger partial charge in [-0.2, -0.15) is 4.57 Å². The van der Waals surface area contributed by atoms with Crippen molar-refractivity contribution in [2.24, 2.45) is 17.8 Å². The fraction of sp³-hybridized carbons (Fsp3) is 0.583. The quantitative estimate of drug-likeness (QED) is 0.423. The summed E-state index contributed by atoms with van der Waals surface area (Å²) in [6, 6.07) is 0.0127. The van der Waals surface area contributed by atoms with E-state index in [1.54, 1.807) is 0 Å². The Kier molecular flexibility index (Phi) is 5.68. The third kappa shape index (κ3) is 4.10. The van der Waals surface area contributed by atoms with Crippen molar-refractivity contribution in [2.45, 2.75) is 58.0 Å². The van der Waals surface area contributed by atoms with Crippen molar-refractivity contribution in [1.82, 2.24) is 19.8 Å². The molecule has 0 aromatic carbocycles. The van der Waals surface area contributed by atoms with E-state index in [9.17, 15) is 28.3 Å². The monoisotopic (exact) mass is 490 g/mol. The van der Waals surface area contributed by atoms with Gasteiger partial charge in [0.1, 0.15) is 0 Å². The molecule has 2 aromatic heterocycles. The lowest BCUT2D eigenvalue weighted by Crippen LogP contribution is -2.50. The first kappa shape index (κ1) is 23.5. The molecule has 188 valence electrons. The number of aromatic amines is 1. The molecule has 2 aromatic rings. The number of hydrogen-bond acceptors (Lipinski definition) is 4. The van der Waals surface area contributed by atoms with Crippen LogP contribution in [-0.4, -0.2) is 56.5 Å². The number of fused-ring (bicyclic) bond motifs is 3. The van der Waals surface area contributed by atoms with Crippen LogP contribution in [0.2, 0.25) is 0 Å². The van der Waals surface area contributed by atoms with Gasteiger partial charge in [-0.15, -0.1) is 0 Å². The van der Waals surface area contributed by atoms with Gasteiger partial charge in [0.15, 0.2) is 0 Å². The highest BCUT2D eigenvalue weighted by molar-refractivity contribution is 5.96. The molecule has 1 aliphatic heterocycles. The van der Waals surface area contributed by atoms with Crippen LogP contribution in [0.3, 0.4) is 0 Å². The highest BCUT2D eigenvalue weighted by Crippen LogP contribution is 2.48.